The molecule has 0 aromatic carbocycles. The van der Waals surface area contributed by atoms with E-state index in [2.05, 4.69) is 27.0 Å². The number of rotatable bonds is 6. The monoisotopic (exact) mass is 269 g/mol. The van der Waals surface area contributed by atoms with Gasteiger partial charge in [0.15, 0.2) is 5.16 Å². The lowest BCUT2D eigenvalue weighted by atomic mass is 10.2. The van der Waals surface area contributed by atoms with Gasteiger partial charge in [-0.3, -0.25) is 4.79 Å². The highest BCUT2D eigenvalue weighted by Gasteiger charge is 2.21. The number of hydrogen-bond donors (Lipinski definition) is 2. The molecule has 1 fully saturated rings. The fraction of sp³-hybridized carbons (Fsp3) is 0.727. The van der Waals surface area contributed by atoms with E-state index >= 15 is 0 Å². The fourth-order valence-electron chi connectivity index (χ4n) is 2.00. The fourth-order valence-corrected chi connectivity index (χ4v) is 3.05. The Balaban J connectivity index is 1.96. The number of thioether (sulfide) groups is 1. The lowest BCUT2D eigenvalue weighted by Gasteiger charge is -2.10. The van der Waals surface area contributed by atoms with E-state index in [0.717, 1.165) is 36.1 Å². The van der Waals surface area contributed by atoms with Crippen LogP contribution in [0.5, 0.6) is 0 Å². The van der Waals surface area contributed by atoms with Crippen LogP contribution in [0.2, 0.25) is 0 Å². The quantitative estimate of drug-likeness (QED) is 0.735. The maximum absolute atomic E-state index is 11.1. The van der Waals surface area contributed by atoms with Crippen molar-refractivity contribution in [2.75, 3.05) is 5.75 Å². The van der Waals surface area contributed by atoms with Crippen molar-refractivity contribution in [3.63, 3.8) is 0 Å². The summed E-state index contributed by atoms with van der Waals surface area (Å²) in [6.45, 7) is 3.42. The molecule has 2 heterocycles. The zero-order chi connectivity index (χ0) is 13.0. The Morgan fingerprint density at radius 1 is 1.56 bits per heavy atom. The summed E-state index contributed by atoms with van der Waals surface area (Å²) in [5, 5.41) is 12.1. The van der Waals surface area contributed by atoms with E-state index in [1.807, 2.05) is 0 Å². The van der Waals surface area contributed by atoms with Gasteiger partial charge in [-0.05, 0) is 12.8 Å². The molecule has 1 aliphatic rings. The van der Waals surface area contributed by atoms with Crippen LogP contribution in [0.25, 0.3) is 0 Å². The summed E-state index contributed by atoms with van der Waals surface area (Å²) in [6, 6.07) is 0.260. The summed E-state index contributed by atoms with van der Waals surface area (Å²) in [5.74, 6) is 1.83. The number of nitrogens with one attached hydrogen (secondary N) is 1. The third-order valence-electron chi connectivity index (χ3n) is 2.92. The van der Waals surface area contributed by atoms with Gasteiger partial charge in [-0.1, -0.05) is 18.7 Å². The summed E-state index contributed by atoms with van der Waals surface area (Å²) < 4.78 is 2.07. The second-order valence-electron chi connectivity index (χ2n) is 4.37. The van der Waals surface area contributed by atoms with E-state index in [9.17, 15) is 4.79 Å². The highest BCUT2D eigenvalue weighted by Crippen LogP contribution is 2.21. The molecule has 0 aliphatic carbocycles. The average Bonchev–Trinajstić information content (AvgIpc) is 2.94. The van der Waals surface area contributed by atoms with Gasteiger partial charge in [-0.2, -0.15) is 0 Å². The minimum atomic E-state index is 0.151. The van der Waals surface area contributed by atoms with Crippen LogP contribution in [0.3, 0.4) is 0 Å². The summed E-state index contributed by atoms with van der Waals surface area (Å²) >= 11 is 1.64. The molecular weight excluding hydrogens is 250 g/mol. The van der Waals surface area contributed by atoms with Gasteiger partial charge >= 0.3 is 0 Å². The Labute approximate surface area is 111 Å². The van der Waals surface area contributed by atoms with Crippen LogP contribution >= 0.6 is 11.8 Å². The first-order valence-electron chi connectivity index (χ1n) is 6.29. The molecule has 0 radical (unpaired) electrons. The smallest absolute Gasteiger partial charge is 0.220 e. The molecule has 0 saturated carbocycles. The maximum Gasteiger partial charge on any atom is 0.220 e. The van der Waals surface area contributed by atoms with Gasteiger partial charge in [0.2, 0.25) is 5.91 Å². The SMILES string of the molecule is CCCn1c(CN)nnc1SCC1CCC(=O)N1. The van der Waals surface area contributed by atoms with Crippen molar-refractivity contribution in [3.8, 4) is 0 Å². The van der Waals surface area contributed by atoms with E-state index in [0.29, 0.717) is 13.0 Å². The number of nitrogens with two attached hydrogens (primary N) is 1. The highest BCUT2D eigenvalue weighted by atomic mass is 32.2. The van der Waals surface area contributed by atoms with E-state index in [4.69, 9.17) is 5.73 Å². The number of carbonyl (C=O) groups is 1. The molecule has 18 heavy (non-hydrogen) atoms. The second-order valence-corrected chi connectivity index (χ2v) is 5.36. The summed E-state index contributed by atoms with van der Waals surface area (Å²) in [4.78, 5) is 11.1. The Hall–Kier alpha value is -1.08. The van der Waals surface area contributed by atoms with Crippen molar-refractivity contribution in [2.24, 2.45) is 5.73 Å². The van der Waals surface area contributed by atoms with Crippen LogP contribution in [0, 0.1) is 0 Å². The first-order chi connectivity index (χ1) is 8.74. The molecule has 1 aromatic heterocycles. The first kappa shape index (κ1) is 13.4. The van der Waals surface area contributed by atoms with Crippen molar-refractivity contribution in [2.45, 2.75) is 50.5 Å². The minimum absolute atomic E-state index is 0.151. The largest absolute Gasteiger partial charge is 0.353 e. The van der Waals surface area contributed by atoms with Crippen LogP contribution in [-0.4, -0.2) is 32.5 Å². The molecular formula is C11H19N5OS. The highest BCUT2D eigenvalue weighted by molar-refractivity contribution is 7.99. The van der Waals surface area contributed by atoms with Gasteiger partial charge < -0.3 is 15.6 Å². The number of carbonyl (C=O) groups excluding carboxylic acids is 1. The third-order valence-corrected chi connectivity index (χ3v) is 4.05. The van der Waals surface area contributed by atoms with Crippen LogP contribution in [0.15, 0.2) is 5.16 Å². The Bertz CT molecular complexity index is 420. The Morgan fingerprint density at radius 3 is 3.00 bits per heavy atom. The van der Waals surface area contributed by atoms with E-state index in [1.54, 1.807) is 11.8 Å². The van der Waals surface area contributed by atoms with Crippen LogP contribution < -0.4 is 11.1 Å². The normalized spacial score (nSPS) is 19.2. The van der Waals surface area contributed by atoms with E-state index < -0.39 is 0 Å². The molecule has 6 nitrogen and oxygen atoms in total. The van der Waals surface area contributed by atoms with Crippen LogP contribution in [0.4, 0.5) is 0 Å². The average molecular weight is 269 g/mol. The van der Waals surface area contributed by atoms with Crippen molar-refractivity contribution in [1.82, 2.24) is 20.1 Å². The number of nitrogens with zero attached hydrogens (tertiary/aromatic N) is 3. The first-order valence-corrected chi connectivity index (χ1v) is 7.27. The molecule has 1 aromatic rings. The molecule has 100 valence electrons. The van der Waals surface area contributed by atoms with Gasteiger partial charge in [-0.25, -0.2) is 0 Å². The van der Waals surface area contributed by atoms with Crippen LogP contribution in [-0.2, 0) is 17.9 Å². The molecule has 0 bridgehead atoms. The predicted molar refractivity (Wildman–Crippen MR) is 70.1 cm³/mol. The molecule has 1 atom stereocenters. The van der Waals surface area contributed by atoms with Gasteiger partial charge in [0, 0.05) is 24.8 Å². The second kappa shape index (κ2) is 6.19. The molecule has 7 heteroatoms. The van der Waals surface area contributed by atoms with E-state index in [1.165, 1.54) is 0 Å². The standard InChI is InChI=1S/C11H19N5OS/c1-2-5-16-9(6-12)14-15-11(16)18-7-8-3-4-10(17)13-8/h8H,2-7,12H2,1H3,(H,13,17). The molecule has 1 unspecified atom stereocenters. The lowest BCUT2D eigenvalue weighted by molar-refractivity contribution is -0.119. The summed E-state index contributed by atoms with van der Waals surface area (Å²) in [6.07, 6.45) is 2.58. The number of amides is 1. The van der Waals surface area contributed by atoms with Gasteiger partial charge in [-0.15, -0.1) is 10.2 Å². The van der Waals surface area contributed by atoms with Crippen molar-refractivity contribution in [1.29, 1.82) is 0 Å². The predicted octanol–water partition coefficient (Wildman–Crippen LogP) is 0.518. The molecule has 1 saturated heterocycles. The molecule has 1 amide bonds. The van der Waals surface area contributed by atoms with Crippen LogP contribution in [0.1, 0.15) is 32.0 Å². The van der Waals surface area contributed by atoms with Crippen molar-refractivity contribution in [3.05, 3.63) is 5.82 Å². The number of aromatic nitrogens is 3. The zero-order valence-electron chi connectivity index (χ0n) is 10.6. The Kier molecular flexibility index (Phi) is 4.60. The Morgan fingerprint density at radius 2 is 2.39 bits per heavy atom. The topological polar surface area (TPSA) is 85.8 Å². The van der Waals surface area contributed by atoms with E-state index in [-0.39, 0.29) is 11.9 Å². The van der Waals surface area contributed by atoms with Gasteiger partial charge in [0.1, 0.15) is 5.82 Å². The summed E-state index contributed by atoms with van der Waals surface area (Å²) in [5.41, 5.74) is 5.64. The van der Waals surface area contributed by atoms with Gasteiger partial charge in [0.25, 0.3) is 0 Å². The molecule has 1 aliphatic heterocycles. The van der Waals surface area contributed by atoms with Gasteiger partial charge in [0.05, 0.1) is 6.54 Å². The minimum Gasteiger partial charge on any atom is -0.353 e. The van der Waals surface area contributed by atoms with Crippen molar-refractivity contribution < 1.29 is 4.79 Å². The summed E-state index contributed by atoms with van der Waals surface area (Å²) in [7, 11) is 0. The van der Waals surface area contributed by atoms with Crippen molar-refractivity contribution >= 4 is 17.7 Å². The molecule has 3 N–H and O–H groups in total. The zero-order valence-corrected chi connectivity index (χ0v) is 11.4. The lowest BCUT2D eigenvalue weighted by Crippen LogP contribution is -2.27. The third kappa shape index (κ3) is 3.02. The maximum atomic E-state index is 11.1. The molecule has 0 spiro atoms. The number of hydrogen-bond acceptors (Lipinski definition) is 5. The molecule has 2 rings (SSSR count).